The fourth-order valence-corrected chi connectivity index (χ4v) is 3.86. The molecular formula is C16H23FN2O4S. The molecule has 0 bridgehead atoms. The number of ether oxygens (including phenoxy) is 1. The third-order valence-corrected chi connectivity index (χ3v) is 4.86. The van der Waals surface area contributed by atoms with Crippen LogP contribution in [0.3, 0.4) is 0 Å². The normalized spacial score (nSPS) is 18.7. The topological polar surface area (TPSA) is 75.7 Å². The molecule has 1 aliphatic rings. The van der Waals surface area contributed by atoms with Crippen LogP contribution in [0.5, 0.6) is 0 Å². The number of hydrogen-bond acceptors (Lipinski definition) is 4. The van der Waals surface area contributed by atoms with E-state index in [1.165, 1.54) is 29.2 Å². The van der Waals surface area contributed by atoms with Crippen LogP contribution in [-0.4, -0.2) is 44.1 Å². The summed E-state index contributed by atoms with van der Waals surface area (Å²) >= 11 is 0. The number of halogens is 1. The molecule has 0 aromatic heterocycles. The number of rotatable bonds is 4. The lowest BCUT2D eigenvalue weighted by atomic mass is 10.2. The van der Waals surface area contributed by atoms with Gasteiger partial charge in [0, 0.05) is 19.1 Å². The standard InChI is InChI=1S/C16H23FN2O4S/c1-16(2,3)23-15(20)19-9-8-14(10-19)18-24(21,22)11-12-4-6-13(17)7-5-12/h4-7,14,18H,8-11H2,1-3H3/t14-/m1/s1. The van der Waals surface area contributed by atoms with E-state index < -0.39 is 27.5 Å². The van der Waals surface area contributed by atoms with Crippen molar-refractivity contribution < 1.29 is 22.3 Å². The Balaban J connectivity index is 1.89. The van der Waals surface area contributed by atoms with Gasteiger partial charge in [0.15, 0.2) is 0 Å². The van der Waals surface area contributed by atoms with Crippen molar-refractivity contribution in [1.82, 2.24) is 9.62 Å². The average molecular weight is 358 g/mol. The molecule has 1 aliphatic heterocycles. The summed E-state index contributed by atoms with van der Waals surface area (Å²) in [5.41, 5.74) is -0.0806. The zero-order valence-corrected chi connectivity index (χ0v) is 14.9. The second kappa shape index (κ2) is 7.06. The minimum absolute atomic E-state index is 0.226. The number of carbonyl (C=O) groups excluding carboxylic acids is 1. The van der Waals surface area contributed by atoms with Crippen molar-refractivity contribution in [1.29, 1.82) is 0 Å². The van der Waals surface area contributed by atoms with E-state index in [0.29, 0.717) is 18.5 Å². The number of nitrogens with one attached hydrogen (secondary N) is 1. The summed E-state index contributed by atoms with van der Waals surface area (Å²) in [4.78, 5) is 13.5. The van der Waals surface area contributed by atoms with E-state index in [2.05, 4.69) is 4.72 Å². The van der Waals surface area contributed by atoms with Crippen LogP contribution in [-0.2, 0) is 20.5 Å². The molecule has 0 radical (unpaired) electrons. The summed E-state index contributed by atoms with van der Waals surface area (Å²) in [5.74, 6) is -0.635. The lowest BCUT2D eigenvalue weighted by Gasteiger charge is -2.24. The van der Waals surface area contributed by atoms with E-state index in [1.807, 2.05) is 0 Å². The molecule has 1 aromatic carbocycles. The second-order valence-corrected chi connectivity index (χ2v) is 8.67. The van der Waals surface area contributed by atoms with E-state index >= 15 is 0 Å². The van der Waals surface area contributed by atoms with Crippen LogP contribution < -0.4 is 4.72 Å². The molecule has 24 heavy (non-hydrogen) atoms. The van der Waals surface area contributed by atoms with E-state index in [0.717, 1.165) is 0 Å². The zero-order chi connectivity index (χ0) is 18.0. The molecule has 2 rings (SSSR count). The molecule has 1 amide bonds. The first-order valence-electron chi connectivity index (χ1n) is 7.76. The molecule has 1 N–H and O–H groups in total. The summed E-state index contributed by atoms with van der Waals surface area (Å²) in [6.45, 7) is 6.06. The van der Waals surface area contributed by atoms with Crippen molar-refractivity contribution in [2.24, 2.45) is 0 Å². The minimum atomic E-state index is -3.57. The molecule has 0 saturated carbocycles. The molecule has 6 nitrogen and oxygen atoms in total. The predicted molar refractivity (Wildman–Crippen MR) is 88.4 cm³/mol. The van der Waals surface area contributed by atoms with Crippen molar-refractivity contribution in [2.45, 2.75) is 44.6 Å². The highest BCUT2D eigenvalue weighted by Crippen LogP contribution is 2.16. The summed E-state index contributed by atoms with van der Waals surface area (Å²) in [5, 5.41) is 0. The lowest BCUT2D eigenvalue weighted by molar-refractivity contribution is 0.0292. The molecule has 1 heterocycles. The quantitative estimate of drug-likeness (QED) is 0.896. The second-order valence-electron chi connectivity index (χ2n) is 6.92. The Morgan fingerprint density at radius 1 is 1.33 bits per heavy atom. The van der Waals surface area contributed by atoms with E-state index in [-0.39, 0.29) is 18.3 Å². The molecule has 8 heteroatoms. The van der Waals surface area contributed by atoms with Gasteiger partial charge in [0.25, 0.3) is 0 Å². The van der Waals surface area contributed by atoms with Gasteiger partial charge in [0.1, 0.15) is 11.4 Å². The Morgan fingerprint density at radius 3 is 2.54 bits per heavy atom. The van der Waals surface area contributed by atoms with Gasteiger partial charge in [-0.15, -0.1) is 0 Å². The van der Waals surface area contributed by atoms with Gasteiger partial charge in [-0.1, -0.05) is 12.1 Å². The SMILES string of the molecule is CC(C)(C)OC(=O)N1CC[C@@H](NS(=O)(=O)Cc2ccc(F)cc2)C1. The fraction of sp³-hybridized carbons (Fsp3) is 0.562. The van der Waals surface area contributed by atoms with E-state index in [9.17, 15) is 17.6 Å². The Bertz CT molecular complexity index is 683. The number of hydrogen-bond donors (Lipinski definition) is 1. The van der Waals surface area contributed by atoms with Crippen molar-refractivity contribution in [3.05, 3.63) is 35.6 Å². The van der Waals surface area contributed by atoms with Crippen LogP contribution in [0.2, 0.25) is 0 Å². The van der Waals surface area contributed by atoms with Gasteiger partial charge < -0.3 is 9.64 Å². The van der Waals surface area contributed by atoms with Gasteiger partial charge >= 0.3 is 6.09 Å². The summed E-state index contributed by atoms with van der Waals surface area (Å²) < 4.78 is 45.2. The maximum absolute atomic E-state index is 12.9. The number of carbonyl (C=O) groups is 1. The van der Waals surface area contributed by atoms with Crippen LogP contribution in [0.15, 0.2) is 24.3 Å². The first kappa shape index (κ1) is 18.7. The summed E-state index contributed by atoms with van der Waals surface area (Å²) in [7, 11) is -3.57. The zero-order valence-electron chi connectivity index (χ0n) is 14.1. The van der Waals surface area contributed by atoms with Crippen LogP contribution in [0.1, 0.15) is 32.8 Å². The Kier molecular flexibility index (Phi) is 5.49. The Hall–Kier alpha value is -1.67. The predicted octanol–water partition coefficient (Wildman–Crippen LogP) is 2.25. The first-order valence-corrected chi connectivity index (χ1v) is 9.42. The van der Waals surface area contributed by atoms with Crippen LogP contribution >= 0.6 is 0 Å². The minimum Gasteiger partial charge on any atom is -0.444 e. The van der Waals surface area contributed by atoms with Crippen molar-refractivity contribution >= 4 is 16.1 Å². The molecule has 1 atom stereocenters. The number of likely N-dealkylation sites (tertiary alicyclic amines) is 1. The molecule has 0 spiro atoms. The van der Waals surface area contributed by atoms with Gasteiger partial charge in [0.2, 0.25) is 10.0 Å². The average Bonchev–Trinajstić information content (AvgIpc) is 2.87. The van der Waals surface area contributed by atoms with Gasteiger partial charge in [-0.2, -0.15) is 0 Å². The largest absolute Gasteiger partial charge is 0.444 e. The molecule has 0 aliphatic carbocycles. The van der Waals surface area contributed by atoms with Crippen LogP contribution in [0.4, 0.5) is 9.18 Å². The van der Waals surface area contributed by atoms with Gasteiger partial charge in [-0.25, -0.2) is 22.3 Å². The van der Waals surface area contributed by atoms with Gasteiger partial charge in [-0.05, 0) is 44.9 Å². The van der Waals surface area contributed by atoms with Crippen molar-refractivity contribution in [3.63, 3.8) is 0 Å². The van der Waals surface area contributed by atoms with Gasteiger partial charge in [-0.3, -0.25) is 0 Å². The highest BCUT2D eigenvalue weighted by atomic mass is 32.2. The molecule has 0 unspecified atom stereocenters. The maximum atomic E-state index is 12.9. The summed E-state index contributed by atoms with van der Waals surface area (Å²) in [6.07, 6.45) is 0.0877. The van der Waals surface area contributed by atoms with E-state index in [1.54, 1.807) is 20.8 Å². The van der Waals surface area contributed by atoms with Crippen LogP contribution in [0, 0.1) is 5.82 Å². The number of sulfonamides is 1. The first-order chi connectivity index (χ1) is 11.0. The molecule has 1 saturated heterocycles. The molecular weight excluding hydrogens is 335 g/mol. The summed E-state index contributed by atoms with van der Waals surface area (Å²) in [6, 6.07) is 4.99. The Labute approximate surface area is 142 Å². The highest BCUT2D eigenvalue weighted by molar-refractivity contribution is 7.88. The molecule has 1 aromatic rings. The Morgan fingerprint density at radius 2 is 1.96 bits per heavy atom. The third-order valence-electron chi connectivity index (χ3n) is 3.46. The van der Waals surface area contributed by atoms with E-state index in [4.69, 9.17) is 4.74 Å². The fourth-order valence-electron chi connectivity index (χ4n) is 2.44. The molecule has 1 fully saturated rings. The lowest BCUT2D eigenvalue weighted by Crippen LogP contribution is -2.40. The third kappa shape index (κ3) is 5.76. The highest BCUT2D eigenvalue weighted by Gasteiger charge is 2.31. The number of nitrogens with zero attached hydrogens (tertiary/aromatic N) is 1. The monoisotopic (exact) mass is 358 g/mol. The number of benzene rings is 1. The number of amides is 1. The van der Waals surface area contributed by atoms with Gasteiger partial charge in [0.05, 0.1) is 5.75 Å². The van der Waals surface area contributed by atoms with Crippen molar-refractivity contribution in [3.8, 4) is 0 Å². The van der Waals surface area contributed by atoms with Crippen LogP contribution in [0.25, 0.3) is 0 Å². The smallest absolute Gasteiger partial charge is 0.410 e. The molecule has 134 valence electrons. The van der Waals surface area contributed by atoms with Crippen molar-refractivity contribution in [2.75, 3.05) is 13.1 Å². The maximum Gasteiger partial charge on any atom is 0.410 e.